The third kappa shape index (κ3) is 2.31. The van der Waals surface area contributed by atoms with Gasteiger partial charge in [0.15, 0.2) is 17.7 Å². The highest BCUT2D eigenvalue weighted by molar-refractivity contribution is 9.10. The summed E-state index contributed by atoms with van der Waals surface area (Å²) >= 11 is 3.22. The number of halogens is 1. The summed E-state index contributed by atoms with van der Waals surface area (Å²) in [5.41, 5.74) is 0. The fraction of sp³-hybridized carbons (Fsp3) is 0.417. The molecule has 1 amide bonds. The number of amides is 1. The van der Waals surface area contributed by atoms with Gasteiger partial charge >= 0.3 is 0 Å². The fourth-order valence-corrected chi connectivity index (χ4v) is 2.10. The molecule has 1 aromatic heterocycles. The molecular weight excluding hydrogens is 298 g/mol. The Morgan fingerprint density at radius 3 is 2.89 bits per heavy atom. The molecule has 0 aliphatic carbocycles. The SMILES string of the molecule is CC(C)C(C#N)C1Oc2ccc(Br)nc2NC1=O. The van der Waals surface area contributed by atoms with Gasteiger partial charge < -0.3 is 10.1 Å². The van der Waals surface area contributed by atoms with Gasteiger partial charge in [0.2, 0.25) is 0 Å². The van der Waals surface area contributed by atoms with Crippen LogP contribution < -0.4 is 10.1 Å². The Morgan fingerprint density at radius 2 is 2.28 bits per heavy atom. The Balaban J connectivity index is 2.31. The van der Waals surface area contributed by atoms with Crippen LogP contribution in [-0.4, -0.2) is 17.0 Å². The number of ether oxygens (including phenoxy) is 1. The van der Waals surface area contributed by atoms with Gasteiger partial charge in [-0.05, 0) is 34.0 Å². The molecule has 6 heteroatoms. The van der Waals surface area contributed by atoms with E-state index in [0.29, 0.717) is 16.2 Å². The number of aromatic nitrogens is 1. The minimum Gasteiger partial charge on any atom is -0.475 e. The molecule has 0 saturated heterocycles. The molecule has 0 radical (unpaired) electrons. The number of anilines is 1. The maximum Gasteiger partial charge on any atom is 0.268 e. The number of nitrogens with one attached hydrogen (secondary N) is 1. The van der Waals surface area contributed by atoms with Gasteiger partial charge in [-0.1, -0.05) is 13.8 Å². The van der Waals surface area contributed by atoms with Crippen molar-refractivity contribution in [2.45, 2.75) is 20.0 Å². The topological polar surface area (TPSA) is 75.0 Å². The largest absolute Gasteiger partial charge is 0.475 e. The molecule has 0 spiro atoms. The van der Waals surface area contributed by atoms with Crippen LogP contribution in [0.15, 0.2) is 16.7 Å². The summed E-state index contributed by atoms with van der Waals surface area (Å²) in [6, 6.07) is 5.57. The van der Waals surface area contributed by atoms with Crippen molar-refractivity contribution in [3.63, 3.8) is 0 Å². The molecule has 0 saturated carbocycles. The van der Waals surface area contributed by atoms with Crippen molar-refractivity contribution in [2.75, 3.05) is 5.32 Å². The number of nitrogens with zero attached hydrogens (tertiary/aromatic N) is 2. The number of hydrogen-bond acceptors (Lipinski definition) is 4. The van der Waals surface area contributed by atoms with Crippen molar-refractivity contribution in [1.82, 2.24) is 4.98 Å². The van der Waals surface area contributed by atoms with Gasteiger partial charge in [-0.25, -0.2) is 4.98 Å². The lowest BCUT2D eigenvalue weighted by molar-refractivity contribution is -0.125. The molecule has 2 rings (SSSR count). The van der Waals surface area contributed by atoms with E-state index >= 15 is 0 Å². The van der Waals surface area contributed by atoms with E-state index in [4.69, 9.17) is 10.00 Å². The normalized spacial score (nSPS) is 19.5. The highest BCUT2D eigenvalue weighted by atomic mass is 79.9. The summed E-state index contributed by atoms with van der Waals surface area (Å²) in [7, 11) is 0. The average molecular weight is 310 g/mol. The number of hydrogen-bond donors (Lipinski definition) is 1. The highest BCUT2D eigenvalue weighted by Crippen LogP contribution is 2.32. The maximum atomic E-state index is 11.9. The van der Waals surface area contributed by atoms with Crippen molar-refractivity contribution < 1.29 is 9.53 Å². The van der Waals surface area contributed by atoms with E-state index in [1.54, 1.807) is 12.1 Å². The molecule has 94 valence electrons. The standard InChI is InChI=1S/C12H12BrN3O2/c1-6(2)7(5-14)10-12(17)16-11-8(18-10)3-4-9(13)15-11/h3-4,6-7,10H,1-2H3,(H,15,16,17). The zero-order chi connectivity index (χ0) is 13.3. The van der Waals surface area contributed by atoms with Crippen LogP contribution in [0.4, 0.5) is 5.82 Å². The fourth-order valence-electron chi connectivity index (χ4n) is 1.79. The Labute approximate surface area is 113 Å². The van der Waals surface area contributed by atoms with Crippen molar-refractivity contribution in [3.05, 3.63) is 16.7 Å². The summed E-state index contributed by atoms with van der Waals surface area (Å²) in [4.78, 5) is 16.0. The quantitative estimate of drug-likeness (QED) is 0.851. The molecule has 1 aromatic rings. The second-order valence-corrected chi connectivity index (χ2v) is 5.22. The smallest absolute Gasteiger partial charge is 0.268 e. The Morgan fingerprint density at radius 1 is 1.56 bits per heavy atom. The first-order chi connectivity index (χ1) is 8.52. The molecule has 0 bridgehead atoms. The number of carbonyl (C=O) groups excluding carboxylic acids is 1. The Kier molecular flexibility index (Phi) is 3.53. The van der Waals surface area contributed by atoms with Crippen LogP contribution in [-0.2, 0) is 4.79 Å². The van der Waals surface area contributed by atoms with Crippen molar-refractivity contribution >= 4 is 27.7 Å². The summed E-state index contributed by atoms with van der Waals surface area (Å²) in [6.45, 7) is 3.78. The lowest BCUT2D eigenvalue weighted by Gasteiger charge is -2.29. The molecule has 0 fully saturated rings. The summed E-state index contributed by atoms with van der Waals surface area (Å²) < 4.78 is 6.21. The van der Waals surface area contributed by atoms with E-state index in [1.807, 2.05) is 13.8 Å². The molecule has 1 aliphatic heterocycles. The van der Waals surface area contributed by atoms with Crippen LogP contribution >= 0.6 is 15.9 Å². The van der Waals surface area contributed by atoms with Gasteiger partial charge in [-0.2, -0.15) is 5.26 Å². The van der Waals surface area contributed by atoms with Crippen LogP contribution in [0.5, 0.6) is 5.75 Å². The van der Waals surface area contributed by atoms with E-state index in [0.717, 1.165) is 0 Å². The zero-order valence-corrected chi connectivity index (χ0v) is 11.6. The van der Waals surface area contributed by atoms with Gasteiger partial charge in [0, 0.05) is 0 Å². The van der Waals surface area contributed by atoms with Crippen LogP contribution in [0.3, 0.4) is 0 Å². The number of pyridine rings is 1. The van der Waals surface area contributed by atoms with Crippen LogP contribution in [0.1, 0.15) is 13.8 Å². The number of rotatable bonds is 2. The molecule has 1 aliphatic rings. The molecule has 2 unspecified atom stereocenters. The minimum absolute atomic E-state index is 0.0377. The van der Waals surface area contributed by atoms with Gasteiger partial charge in [0.05, 0.1) is 12.0 Å². The van der Waals surface area contributed by atoms with Gasteiger partial charge in [-0.15, -0.1) is 0 Å². The highest BCUT2D eigenvalue weighted by Gasteiger charge is 2.37. The third-order valence-electron chi connectivity index (χ3n) is 2.77. The molecule has 18 heavy (non-hydrogen) atoms. The number of nitriles is 1. The van der Waals surface area contributed by atoms with E-state index < -0.39 is 12.0 Å². The van der Waals surface area contributed by atoms with Crippen molar-refractivity contribution in [1.29, 1.82) is 5.26 Å². The van der Waals surface area contributed by atoms with Crippen LogP contribution in [0, 0.1) is 23.2 Å². The van der Waals surface area contributed by atoms with Crippen LogP contribution in [0.2, 0.25) is 0 Å². The third-order valence-corrected chi connectivity index (χ3v) is 3.21. The molecule has 1 N–H and O–H groups in total. The first-order valence-corrected chi connectivity index (χ1v) is 6.36. The van der Waals surface area contributed by atoms with Gasteiger partial charge in [0.1, 0.15) is 4.60 Å². The Bertz CT molecular complexity index is 525. The summed E-state index contributed by atoms with van der Waals surface area (Å²) in [5, 5.41) is 11.8. The van der Waals surface area contributed by atoms with Crippen LogP contribution in [0.25, 0.3) is 0 Å². The average Bonchev–Trinajstić information content (AvgIpc) is 2.30. The van der Waals surface area contributed by atoms with Gasteiger partial charge in [-0.3, -0.25) is 4.79 Å². The lowest BCUT2D eigenvalue weighted by atomic mass is 9.90. The zero-order valence-electron chi connectivity index (χ0n) is 9.98. The minimum atomic E-state index is -0.787. The molecule has 0 aromatic carbocycles. The van der Waals surface area contributed by atoms with E-state index in [1.165, 1.54) is 0 Å². The van der Waals surface area contributed by atoms with E-state index in [-0.39, 0.29) is 11.8 Å². The van der Waals surface area contributed by atoms with Crippen molar-refractivity contribution in [2.24, 2.45) is 11.8 Å². The first kappa shape index (κ1) is 12.8. The molecule has 2 heterocycles. The second kappa shape index (κ2) is 4.94. The monoisotopic (exact) mass is 309 g/mol. The first-order valence-electron chi connectivity index (χ1n) is 5.56. The van der Waals surface area contributed by atoms with E-state index in [9.17, 15) is 4.79 Å². The summed E-state index contributed by atoms with van der Waals surface area (Å²) in [5.74, 6) is 0.0978. The second-order valence-electron chi connectivity index (χ2n) is 4.41. The molecule has 2 atom stereocenters. The van der Waals surface area contributed by atoms with Gasteiger partial charge in [0.25, 0.3) is 5.91 Å². The maximum absolute atomic E-state index is 11.9. The Hall–Kier alpha value is -1.61. The molecule has 5 nitrogen and oxygen atoms in total. The predicted molar refractivity (Wildman–Crippen MR) is 68.9 cm³/mol. The van der Waals surface area contributed by atoms with Crippen molar-refractivity contribution in [3.8, 4) is 11.8 Å². The molecular formula is C12H12BrN3O2. The predicted octanol–water partition coefficient (Wildman–Crippen LogP) is 2.34. The lowest BCUT2D eigenvalue weighted by Crippen LogP contribution is -2.44. The number of carbonyl (C=O) groups is 1. The number of fused-ring (bicyclic) bond motifs is 1. The summed E-state index contributed by atoms with van der Waals surface area (Å²) in [6.07, 6.45) is -0.787. The van der Waals surface area contributed by atoms with E-state index in [2.05, 4.69) is 32.3 Å².